The number of fused-ring (bicyclic) bond motifs is 1. The van der Waals surface area contributed by atoms with E-state index in [2.05, 4.69) is 31.8 Å². The van der Waals surface area contributed by atoms with Crippen LogP contribution < -0.4 is 10.6 Å². The van der Waals surface area contributed by atoms with Crippen LogP contribution in [0.5, 0.6) is 0 Å². The minimum absolute atomic E-state index is 0.238. The molecule has 1 atom stereocenters. The molecule has 12 heteroatoms. The van der Waals surface area contributed by atoms with E-state index in [4.69, 9.17) is 9.15 Å². The van der Waals surface area contributed by atoms with Gasteiger partial charge in [-0.25, -0.2) is 13.9 Å². The molecule has 0 saturated heterocycles. The van der Waals surface area contributed by atoms with Gasteiger partial charge in [0.15, 0.2) is 6.39 Å². The predicted octanol–water partition coefficient (Wildman–Crippen LogP) is 4.43. The van der Waals surface area contributed by atoms with Crippen molar-refractivity contribution in [3.05, 3.63) is 66.1 Å². The van der Waals surface area contributed by atoms with Crippen molar-refractivity contribution >= 4 is 17.1 Å². The first-order chi connectivity index (χ1) is 20.2. The smallest absolute Gasteiger partial charge is 0.255 e. The number of pyridine rings is 1. The van der Waals surface area contributed by atoms with Gasteiger partial charge in [-0.3, -0.25) is 9.78 Å². The maximum atomic E-state index is 14.5. The van der Waals surface area contributed by atoms with Gasteiger partial charge in [-0.1, -0.05) is 19.3 Å². The summed E-state index contributed by atoms with van der Waals surface area (Å²) in [6, 6.07) is 9.30. The summed E-state index contributed by atoms with van der Waals surface area (Å²) in [5.41, 5.74) is 1.09. The zero-order chi connectivity index (χ0) is 29.7. The van der Waals surface area contributed by atoms with E-state index in [9.17, 15) is 19.6 Å². The lowest BCUT2D eigenvalue weighted by Crippen LogP contribution is -2.45. The number of nitrogens with zero attached hydrogens (tertiary/aromatic N) is 5. The first-order valence-electron chi connectivity index (χ1n) is 13.9. The maximum absolute atomic E-state index is 14.5. The number of rotatable bonds is 11. The minimum atomic E-state index is -1.66. The first kappa shape index (κ1) is 29.2. The molecule has 1 fully saturated rings. The molecule has 4 heterocycles. The quantitative estimate of drug-likeness (QED) is 0.236. The van der Waals surface area contributed by atoms with Gasteiger partial charge >= 0.3 is 0 Å². The standard InChI is InChI=1S/C30H34FN7O4/c1-29(2,40)27(31)16-35-28(39)23-15-34-25(26-7-6-21-10-20(12-32)13-36-38(21)26)11-24(23)37-30(8-4-3-5-9-30)18-41-17-22-14-33-19-42-22/h6-7,10-11,13-15,19,27,40H,3-5,8-9,16-18H2,1-2H3,(H,34,37)(H,35,39)/t27-/m1/s1. The van der Waals surface area contributed by atoms with E-state index in [1.807, 2.05) is 12.1 Å². The van der Waals surface area contributed by atoms with E-state index in [-0.39, 0.29) is 18.7 Å². The summed E-state index contributed by atoms with van der Waals surface area (Å²) in [6.07, 6.45) is 8.97. The lowest BCUT2D eigenvalue weighted by Gasteiger charge is -2.39. The third-order valence-corrected chi connectivity index (χ3v) is 7.57. The molecular formula is C30H34FN7O4. The Morgan fingerprint density at radius 3 is 2.79 bits per heavy atom. The normalized spacial score (nSPS) is 15.7. The maximum Gasteiger partial charge on any atom is 0.255 e. The van der Waals surface area contributed by atoms with Crippen molar-refractivity contribution in [2.24, 2.45) is 0 Å². The van der Waals surface area contributed by atoms with E-state index < -0.39 is 23.2 Å². The van der Waals surface area contributed by atoms with Gasteiger partial charge in [-0.2, -0.15) is 10.4 Å². The number of carbonyl (C=O) groups excluding carboxylic acids is 1. The number of halogens is 1. The number of aliphatic hydroxyl groups is 1. The number of nitrogens with one attached hydrogen (secondary N) is 2. The SMILES string of the molecule is CC(C)(O)[C@H](F)CNC(=O)c1cnc(-c2ccc3cc(C#N)cnn23)cc1NC1(COCc2cnco2)CCCCC1. The zero-order valence-corrected chi connectivity index (χ0v) is 23.6. The highest BCUT2D eigenvalue weighted by molar-refractivity contribution is 6.00. The fourth-order valence-corrected chi connectivity index (χ4v) is 5.14. The number of ether oxygens (including phenoxy) is 1. The number of anilines is 1. The number of alkyl halides is 1. The van der Waals surface area contributed by atoms with Crippen molar-refractivity contribution in [3.8, 4) is 17.5 Å². The molecule has 42 heavy (non-hydrogen) atoms. The van der Waals surface area contributed by atoms with Crippen LogP contribution in [0.3, 0.4) is 0 Å². The van der Waals surface area contributed by atoms with Crippen LogP contribution in [0.25, 0.3) is 16.9 Å². The fraction of sp³-hybridized carbons (Fsp3) is 0.433. The molecule has 5 rings (SSSR count). The molecule has 1 aliphatic rings. The summed E-state index contributed by atoms with van der Waals surface area (Å²) >= 11 is 0. The van der Waals surface area contributed by atoms with Crippen molar-refractivity contribution in [2.75, 3.05) is 18.5 Å². The van der Waals surface area contributed by atoms with Crippen LogP contribution in [-0.4, -0.2) is 61.1 Å². The summed E-state index contributed by atoms with van der Waals surface area (Å²) in [6.45, 7) is 2.98. The van der Waals surface area contributed by atoms with Gasteiger partial charge in [0.05, 0.1) is 70.4 Å². The lowest BCUT2D eigenvalue weighted by atomic mass is 9.82. The van der Waals surface area contributed by atoms with Crippen molar-refractivity contribution in [2.45, 2.75) is 69.9 Å². The van der Waals surface area contributed by atoms with Crippen LogP contribution in [-0.2, 0) is 11.3 Å². The second-order valence-corrected chi connectivity index (χ2v) is 11.3. The summed E-state index contributed by atoms with van der Waals surface area (Å²) in [7, 11) is 0. The molecule has 0 spiro atoms. The van der Waals surface area contributed by atoms with Crippen LogP contribution in [0.15, 0.2) is 53.7 Å². The van der Waals surface area contributed by atoms with E-state index in [1.165, 1.54) is 32.6 Å². The van der Waals surface area contributed by atoms with E-state index in [0.717, 1.165) is 37.6 Å². The Hall–Kier alpha value is -4.34. The molecule has 0 unspecified atom stereocenters. The fourth-order valence-electron chi connectivity index (χ4n) is 5.14. The number of aromatic nitrogens is 4. The summed E-state index contributed by atoms with van der Waals surface area (Å²) in [4.78, 5) is 21.9. The molecule has 3 N–H and O–H groups in total. The summed E-state index contributed by atoms with van der Waals surface area (Å²) in [5.74, 6) is 0.0979. The van der Waals surface area contributed by atoms with Crippen molar-refractivity contribution in [1.82, 2.24) is 24.9 Å². The van der Waals surface area contributed by atoms with Gasteiger partial charge < -0.3 is 24.9 Å². The highest BCUT2D eigenvalue weighted by Crippen LogP contribution is 2.35. The summed E-state index contributed by atoms with van der Waals surface area (Å²) in [5, 5.41) is 29.8. The van der Waals surface area contributed by atoms with Gasteiger partial charge in [0.25, 0.3) is 5.91 Å². The van der Waals surface area contributed by atoms with Gasteiger partial charge in [0, 0.05) is 6.20 Å². The van der Waals surface area contributed by atoms with E-state index in [0.29, 0.717) is 35.0 Å². The Labute approximate surface area is 242 Å². The zero-order valence-electron chi connectivity index (χ0n) is 23.6. The van der Waals surface area contributed by atoms with Crippen LogP contribution >= 0.6 is 0 Å². The Morgan fingerprint density at radius 2 is 2.07 bits per heavy atom. The van der Waals surface area contributed by atoms with Crippen LogP contribution in [0.4, 0.5) is 10.1 Å². The number of hydrogen-bond acceptors (Lipinski definition) is 9. The molecule has 11 nitrogen and oxygen atoms in total. The van der Waals surface area contributed by atoms with Crippen molar-refractivity contribution < 1.29 is 23.4 Å². The highest BCUT2D eigenvalue weighted by Gasteiger charge is 2.34. The third kappa shape index (κ3) is 6.58. The van der Waals surface area contributed by atoms with E-state index in [1.54, 1.807) is 22.8 Å². The van der Waals surface area contributed by atoms with Gasteiger partial charge in [-0.05, 0) is 51.0 Å². The predicted molar refractivity (Wildman–Crippen MR) is 152 cm³/mol. The molecular weight excluding hydrogens is 541 g/mol. The average Bonchev–Trinajstić information content (AvgIpc) is 3.65. The molecule has 0 bridgehead atoms. The number of nitriles is 1. The number of hydrogen-bond donors (Lipinski definition) is 3. The second kappa shape index (κ2) is 12.3. The van der Waals surface area contributed by atoms with Crippen molar-refractivity contribution in [3.63, 3.8) is 0 Å². The Bertz CT molecular complexity index is 1570. The monoisotopic (exact) mass is 575 g/mol. The van der Waals surface area contributed by atoms with E-state index >= 15 is 0 Å². The molecule has 220 valence electrons. The molecule has 4 aromatic heterocycles. The molecule has 0 aromatic carbocycles. The second-order valence-electron chi connectivity index (χ2n) is 11.3. The summed E-state index contributed by atoms with van der Waals surface area (Å²) < 4.78 is 27.5. The first-order valence-corrected chi connectivity index (χ1v) is 13.9. The lowest BCUT2D eigenvalue weighted by molar-refractivity contribution is -0.00177. The molecule has 0 radical (unpaired) electrons. The average molecular weight is 576 g/mol. The molecule has 4 aromatic rings. The molecule has 1 aliphatic carbocycles. The van der Waals surface area contributed by atoms with Gasteiger partial charge in [-0.15, -0.1) is 0 Å². The van der Waals surface area contributed by atoms with Crippen LogP contribution in [0.2, 0.25) is 0 Å². The highest BCUT2D eigenvalue weighted by atomic mass is 19.1. The number of carbonyl (C=O) groups is 1. The van der Waals surface area contributed by atoms with Crippen LogP contribution in [0.1, 0.15) is 67.6 Å². The molecule has 1 saturated carbocycles. The van der Waals surface area contributed by atoms with Gasteiger partial charge in [0.1, 0.15) is 24.6 Å². The number of oxazole rings is 1. The van der Waals surface area contributed by atoms with Crippen molar-refractivity contribution in [1.29, 1.82) is 5.26 Å². The van der Waals surface area contributed by atoms with Crippen LogP contribution in [0, 0.1) is 11.3 Å². The Morgan fingerprint density at radius 1 is 1.26 bits per heavy atom. The third-order valence-electron chi connectivity index (χ3n) is 7.57. The topological polar surface area (TPSA) is 151 Å². The van der Waals surface area contributed by atoms with Gasteiger partial charge in [0.2, 0.25) is 0 Å². The number of amides is 1. The molecule has 1 amide bonds. The molecule has 0 aliphatic heterocycles. The Kier molecular flexibility index (Phi) is 8.51. The Balaban J connectivity index is 1.48. The minimum Gasteiger partial charge on any atom is -0.446 e. The largest absolute Gasteiger partial charge is 0.446 e.